The lowest BCUT2D eigenvalue weighted by Crippen LogP contribution is -2.13. The summed E-state index contributed by atoms with van der Waals surface area (Å²) in [6.45, 7) is 6.16. The fourth-order valence-electron chi connectivity index (χ4n) is 1.65. The van der Waals surface area contributed by atoms with E-state index in [4.69, 9.17) is 11.6 Å². The quantitative estimate of drug-likeness (QED) is 0.761. The second-order valence-electron chi connectivity index (χ2n) is 5.04. The minimum atomic E-state index is -0.138. The van der Waals surface area contributed by atoms with Gasteiger partial charge < -0.3 is 0 Å². The first-order valence-corrected chi connectivity index (χ1v) is 6.79. The molecular weight excluding hydrogens is 264 g/mol. The van der Waals surface area contributed by atoms with Gasteiger partial charge in [0.2, 0.25) is 0 Å². The zero-order valence-electron chi connectivity index (χ0n) is 10.5. The first-order chi connectivity index (χ1) is 8.43. The van der Waals surface area contributed by atoms with Gasteiger partial charge in [-0.25, -0.2) is 4.98 Å². The van der Waals surface area contributed by atoms with Gasteiger partial charge in [-0.3, -0.25) is 0 Å². The molecule has 2 aromatic rings. The molecule has 0 aliphatic carbocycles. The summed E-state index contributed by atoms with van der Waals surface area (Å²) in [4.78, 5) is 5.26. The minimum Gasteiger partial charge on any atom is -0.239 e. The van der Waals surface area contributed by atoms with Crippen LogP contribution in [-0.2, 0) is 5.41 Å². The lowest BCUT2D eigenvalue weighted by molar-refractivity contribution is 0.572. The van der Waals surface area contributed by atoms with Gasteiger partial charge in [0.15, 0.2) is 0 Å². The number of aromatic nitrogens is 1. The highest BCUT2D eigenvalue weighted by molar-refractivity contribution is 7.15. The number of thiazole rings is 1. The van der Waals surface area contributed by atoms with Crippen molar-refractivity contribution in [2.45, 2.75) is 26.2 Å². The predicted molar refractivity (Wildman–Crippen MR) is 76.0 cm³/mol. The van der Waals surface area contributed by atoms with Crippen molar-refractivity contribution in [3.63, 3.8) is 0 Å². The largest absolute Gasteiger partial charge is 0.239 e. The number of benzene rings is 1. The summed E-state index contributed by atoms with van der Waals surface area (Å²) in [5, 5.41) is 10.7. The van der Waals surface area contributed by atoms with E-state index in [2.05, 4.69) is 31.8 Å². The van der Waals surface area contributed by atoms with Gasteiger partial charge in [0.05, 0.1) is 10.7 Å². The summed E-state index contributed by atoms with van der Waals surface area (Å²) in [5.74, 6) is 0. The van der Waals surface area contributed by atoms with Crippen LogP contribution in [0.4, 0.5) is 0 Å². The first kappa shape index (κ1) is 13.1. The summed E-state index contributed by atoms with van der Waals surface area (Å²) >= 11 is 7.56. The topological polar surface area (TPSA) is 36.7 Å². The molecule has 0 atom stereocenters. The Labute approximate surface area is 116 Å². The average Bonchev–Trinajstić information content (AvgIpc) is 2.73. The molecule has 2 nitrogen and oxygen atoms in total. The molecule has 0 bridgehead atoms. The van der Waals surface area contributed by atoms with E-state index in [-0.39, 0.29) is 5.41 Å². The Bertz CT molecular complexity index is 617. The molecule has 0 radical (unpaired) electrons. The van der Waals surface area contributed by atoms with Crippen molar-refractivity contribution in [1.82, 2.24) is 4.98 Å². The summed E-state index contributed by atoms with van der Waals surface area (Å²) in [7, 11) is 0. The minimum absolute atomic E-state index is 0.138. The summed E-state index contributed by atoms with van der Waals surface area (Å²) < 4.78 is 0. The molecule has 2 rings (SSSR count). The van der Waals surface area contributed by atoms with Gasteiger partial charge in [-0.05, 0) is 6.07 Å². The lowest BCUT2D eigenvalue weighted by Gasteiger charge is -2.15. The smallest absolute Gasteiger partial charge is 0.128 e. The molecule has 0 saturated carbocycles. The van der Waals surface area contributed by atoms with Crippen molar-refractivity contribution in [2.75, 3.05) is 0 Å². The van der Waals surface area contributed by atoms with E-state index in [0.717, 1.165) is 16.3 Å². The number of hydrogen-bond donors (Lipinski definition) is 0. The zero-order chi connectivity index (χ0) is 13.3. The van der Waals surface area contributed by atoms with Gasteiger partial charge in [0.1, 0.15) is 16.0 Å². The van der Waals surface area contributed by atoms with E-state index < -0.39 is 0 Å². The highest BCUT2D eigenvalue weighted by Crippen LogP contribution is 2.36. The highest BCUT2D eigenvalue weighted by atomic mass is 35.5. The first-order valence-electron chi connectivity index (χ1n) is 5.60. The molecule has 0 aliphatic heterocycles. The fourth-order valence-corrected chi connectivity index (χ4v) is 3.05. The summed E-state index contributed by atoms with van der Waals surface area (Å²) in [6.07, 6.45) is 0. The van der Waals surface area contributed by atoms with Crippen LogP contribution >= 0.6 is 22.9 Å². The number of nitrogens with zero attached hydrogens (tertiary/aromatic N) is 2. The molecule has 0 saturated heterocycles. The van der Waals surface area contributed by atoms with Crippen molar-refractivity contribution in [1.29, 1.82) is 5.26 Å². The third-order valence-electron chi connectivity index (χ3n) is 2.54. The van der Waals surface area contributed by atoms with Crippen LogP contribution in [0.5, 0.6) is 0 Å². The van der Waals surface area contributed by atoms with E-state index in [1.165, 1.54) is 11.3 Å². The Kier molecular flexibility index (Phi) is 3.43. The van der Waals surface area contributed by atoms with Crippen molar-refractivity contribution < 1.29 is 0 Å². The van der Waals surface area contributed by atoms with Crippen LogP contribution in [0.15, 0.2) is 24.3 Å². The van der Waals surface area contributed by atoms with Gasteiger partial charge in [0, 0.05) is 11.0 Å². The van der Waals surface area contributed by atoms with Crippen molar-refractivity contribution >= 4 is 22.9 Å². The Balaban J connectivity index is 2.60. The van der Waals surface area contributed by atoms with Gasteiger partial charge in [-0.2, -0.15) is 5.26 Å². The van der Waals surface area contributed by atoms with E-state index in [1.807, 2.05) is 24.3 Å². The van der Waals surface area contributed by atoms with E-state index in [9.17, 15) is 5.26 Å². The van der Waals surface area contributed by atoms with Crippen LogP contribution in [0.1, 0.15) is 31.3 Å². The van der Waals surface area contributed by atoms with Crippen LogP contribution in [0.25, 0.3) is 10.6 Å². The van der Waals surface area contributed by atoms with E-state index >= 15 is 0 Å². The van der Waals surface area contributed by atoms with Gasteiger partial charge in [-0.15, -0.1) is 11.3 Å². The molecule has 1 heterocycles. The zero-order valence-corrected chi connectivity index (χ0v) is 12.1. The molecule has 0 spiro atoms. The molecule has 0 unspecified atom stereocenters. The second-order valence-corrected chi connectivity index (χ2v) is 6.44. The van der Waals surface area contributed by atoms with Crippen LogP contribution in [0, 0.1) is 11.3 Å². The highest BCUT2D eigenvalue weighted by Gasteiger charge is 2.24. The van der Waals surface area contributed by atoms with Crippen LogP contribution < -0.4 is 0 Å². The van der Waals surface area contributed by atoms with Crippen molar-refractivity contribution in [3.8, 4) is 16.6 Å². The number of rotatable bonds is 1. The normalized spacial score (nSPS) is 11.3. The van der Waals surface area contributed by atoms with Crippen LogP contribution in [0.2, 0.25) is 5.02 Å². The van der Waals surface area contributed by atoms with Gasteiger partial charge in [-0.1, -0.05) is 50.6 Å². The monoisotopic (exact) mass is 276 g/mol. The Hall–Kier alpha value is -1.37. The molecule has 18 heavy (non-hydrogen) atoms. The van der Waals surface area contributed by atoms with E-state index in [1.54, 1.807) is 0 Å². The molecule has 92 valence electrons. The van der Waals surface area contributed by atoms with Gasteiger partial charge >= 0.3 is 0 Å². The average molecular weight is 277 g/mol. The maximum Gasteiger partial charge on any atom is 0.128 e. The third-order valence-corrected chi connectivity index (χ3v) is 3.87. The van der Waals surface area contributed by atoms with Crippen molar-refractivity contribution in [2.24, 2.45) is 0 Å². The molecule has 0 fully saturated rings. The molecule has 0 amide bonds. The maximum atomic E-state index is 9.20. The van der Waals surface area contributed by atoms with Crippen LogP contribution in [-0.4, -0.2) is 4.98 Å². The number of hydrogen-bond acceptors (Lipinski definition) is 3. The molecule has 0 N–H and O–H groups in total. The Morgan fingerprint density at radius 1 is 1.28 bits per heavy atom. The summed E-state index contributed by atoms with van der Waals surface area (Å²) in [6, 6.07) is 9.79. The number of nitriles is 1. The molecule has 1 aromatic heterocycles. The molecular formula is C14H13ClN2S. The standard InChI is InChI=1S/C14H13ClN2S/c1-14(2,3)12-11(8-16)18-13(17-12)9-6-4-5-7-10(9)15/h4-7H,1-3H3. The van der Waals surface area contributed by atoms with E-state index in [0.29, 0.717) is 9.90 Å². The predicted octanol–water partition coefficient (Wildman–Crippen LogP) is 4.63. The Morgan fingerprint density at radius 3 is 2.44 bits per heavy atom. The summed E-state index contributed by atoms with van der Waals surface area (Å²) in [5.41, 5.74) is 1.59. The third kappa shape index (κ3) is 2.40. The SMILES string of the molecule is CC(C)(C)c1nc(-c2ccccc2Cl)sc1C#N. The molecule has 0 aliphatic rings. The maximum absolute atomic E-state index is 9.20. The Morgan fingerprint density at radius 2 is 1.94 bits per heavy atom. The molecule has 1 aromatic carbocycles. The second kappa shape index (κ2) is 4.72. The van der Waals surface area contributed by atoms with Crippen molar-refractivity contribution in [3.05, 3.63) is 39.9 Å². The molecule has 4 heteroatoms. The van der Waals surface area contributed by atoms with Gasteiger partial charge in [0.25, 0.3) is 0 Å². The fraction of sp³-hybridized carbons (Fsp3) is 0.286. The number of halogens is 1. The van der Waals surface area contributed by atoms with Crippen LogP contribution in [0.3, 0.4) is 0 Å². The lowest BCUT2D eigenvalue weighted by atomic mass is 9.91.